The number of benzene rings is 2. The highest BCUT2D eigenvalue weighted by molar-refractivity contribution is 9.09. The fourth-order valence-corrected chi connectivity index (χ4v) is 2.97. The van der Waals surface area contributed by atoms with Gasteiger partial charge in [0.15, 0.2) is 0 Å². The van der Waals surface area contributed by atoms with E-state index < -0.39 is 0 Å². The Morgan fingerprint density at radius 1 is 1.10 bits per heavy atom. The van der Waals surface area contributed by atoms with Gasteiger partial charge in [-0.3, -0.25) is 0 Å². The summed E-state index contributed by atoms with van der Waals surface area (Å²) in [5, 5.41) is 0.156. The molecule has 0 saturated heterocycles. The third-order valence-corrected chi connectivity index (χ3v) is 4.98. The molecule has 106 valence electrons. The van der Waals surface area contributed by atoms with Crippen LogP contribution in [-0.4, -0.2) is 0 Å². The number of halogens is 3. The van der Waals surface area contributed by atoms with Gasteiger partial charge in [-0.05, 0) is 29.5 Å². The Labute approximate surface area is 133 Å². The Balaban J connectivity index is 2.29. The number of hydrogen-bond donors (Lipinski definition) is 0. The first-order valence-corrected chi connectivity index (χ1v) is 8.01. The zero-order valence-electron chi connectivity index (χ0n) is 11.5. The Morgan fingerprint density at radius 3 is 2.30 bits per heavy atom. The van der Waals surface area contributed by atoms with Gasteiger partial charge in [-0.15, -0.1) is 0 Å². The normalized spacial score (nSPS) is 14.1. The number of rotatable bonds is 4. The molecule has 2 aromatic carbocycles. The van der Waals surface area contributed by atoms with Crippen molar-refractivity contribution in [3.8, 4) is 0 Å². The first-order chi connectivity index (χ1) is 9.54. The van der Waals surface area contributed by atoms with E-state index in [2.05, 4.69) is 41.9 Å². The summed E-state index contributed by atoms with van der Waals surface area (Å²) in [6, 6.07) is 13.4. The summed E-state index contributed by atoms with van der Waals surface area (Å²) in [4.78, 5) is -0.188. The zero-order valence-corrected chi connectivity index (χ0v) is 13.9. The van der Waals surface area contributed by atoms with Crippen molar-refractivity contribution in [1.82, 2.24) is 0 Å². The molecule has 2 aromatic rings. The highest BCUT2D eigenvalue weighted by Crippen LogP contribution is 2.35. The van der Waals surface area contributed by atoms with Crippen LogP contribution >= 0.6 is 27.5 Å². The third-order valence-electron chi connectivity index (χ3n) is 3.67. The molecule has 0 radical (unpaired) electrons. The molecule has 0 heterocycles. The lowest BCUT2D eigenvalue weighted by Gasteiger charge is -2.14. The molecular weight excluding hydrogens is 339 g/mol. The van der Waals surface area contributed by atoms with Crippen LogP contribution in [0.3, 0.4) is 0 Å². The van der Waals surface area contributed by atoms with Crippen LogP contribution in [0.15, 0.2) is 42.5 Å². The van der Waals surface area contributed by atoms with Gasteiger partial charge in [-0.1, -0.05) is 77.8 Å². The average Bonchev–Trinajstić information content (AvgIpc) is 2.48. The van der Waals surface area contributed by atoms with Crippen molar-refractivity contribution in [1.29, 1.82) is 0 Å². The molecule has 0 bridgehead atoms. The zero-order chi connectivity index (χ0) is 14.7. The Hall–Kier alpha value is -0.860. The predicted molar refractivity (Wildman–Crippen MR) is 87.3 cm³/mol. The molecule has 20 heavy (non-hydrogen) atoms. The minimum absolute atomic E-state index is 0.156. The topological polar surface area (TPSA) is 0 Å². The lowest BCUT2D eigenvalue weighted by Crippen LogP contribution is -1.98. The number of alkyl halides is 1. The minimum atomic E-state index is -0.359. The van der Waals surface area contributed by atoms with E-state index in [1.165, 1.54) is 5.56 Å². The summed E-state index contributed by atoms with van der Waals surface area (Å²) in [5.41, 5.74) is 2.90. The quantitative estimate of drug-likeness (QED) is 0.551. The van der Waals surface area contributed by atoms with Crippen LogP contribution < -0.4 is 0 Å². The third kappa shape index (κ3) is 3.24. The second-order valence-electron chi connectivity index (χ2n) is 4.98. The highest BCUT2D eigenvalue weighted by atomic mass is 79.9. The van der Waals surface area contributed by atoms with Gasteiger partial charge in [0.1, 0.15) is 5.82 Å². The smallest absolute Gasteiger partial charge is 0.146 e. The molecule has 0 aliphatic carbocycles. The standard InChI is InChI=1S/C17H17BrClF/c1-3-11(2)12-7-9-13(10-8-12)16(18)14-5-4-6-15(19)17(14)20/h4-11,16H,3H2,1-2H3. The molecule has 2 atom stereocenters. The van der Waals surface area contributed by atoms with E-state index in [1.54, 1.807) is 18.2 Å². The van der Waals surface area contributed by atoms with E-state index in [9.17, 15) is 4.39 Å². The average molecular weight is 356 g/mol. The fraction of sp³-hybridized carbons (Fsp3) is 0.294. The monoisotopic (exact) mass is 354 g/mol. The maximum Gasteiger partial charge on any atom is 0.146 e. The molecule has 0 spiro atoms. The first-order valence-electron chi connectivity index (χ1n) is 6.72. The van der Waals surface area contributed by atoms with Crippen LogP contribution in [0.25, 0.3) is 0 Å². The fourth-order valence-electron chi connectivity index (χ4n) is 2.12. The van der Waals surface area contributed by atoms with Gasteiger partial charge in [0.05, 0.1) is 9.85 Å². The highest BCUT2D eigenvalue weighted by Gasteiger charge is 2.16. The van der Waals surface area contributed by atoms with E-state index in [-0.39, 0.29) is 15.7 Å². The summed E-state index contributed by atoms with van der Waals surface area (Å²) < 4.78 is 14.0. The molecule has 2 rings (SSSR count). The molecule has 0 aliphatic heterocycles. The van der Waals surface area contributed by atoms with Gasteiger partial charge in [-0.25, -0.2) is 4.39 Å². The van der Waals surface area contributed by atoms with Gasteiger partial charge in [0, 0.05) is 5.56 Å². The molecule has 0 nitrogen and oxygen atoms in total. The summed E-state index contributed by atoms with van der Waals surface area (Å²) in [6.07, 6.45) is 1.11. The summed E-state index contributed by atoms with van der Waals surface area (Å²) in [7, 11) is 0. The van der Waals surface area contributed by atoms with E-state index in [1.807, 2.05) is 12.1 Å². The van der Waals surface area contributed by atoms with Crippen molar-refractivity contribution in [2.45, 2.75) is 31.0 Å². The maximum atomic E-state index is 14.0. The van der Waals surface area contributed by atoms with Crippen molar-refractivity contribution in [2.75, 3.05) is 0 Å². The molecule has 0 amide bonds. The summed E-state index contributed by atoms with van der Waals surface area (Å²) in [5.74, 6) is 0.183. The molecular formula is C17H17BrClF. The van der Waals surface area contributed by atoms with Crippen molar-refractivity contribution in [2.24, 2.45) is 0 Å². The summed E-state index contributed by atoms with van der Waals surface area (Å²) >= 11 is 9.39. The van der Waals surface area contributed by atoms with E-state index in [0.717, 1.165) is 12.0 Å². The minimum Gasteiger partial charge on any atom is -0.205 e. The molecule has 0 aliphatic rings. The molecule has 0 saturated carbocycles. The molecule has 0 aromatic heterocycles. The van der Waals surface area contributed by atoms with E-state index in [0.29, 0.717) is 11.5 Å². The van der Waals surface area contributed by atoms with Crippen molar-refractivity contribution < 1.29 is 4.39 Å². The van der Waals surface area contributed by atoms with Crippen LogP contribution in [0.5, 0.6) is 0 Å². The second-order valence-corrected chi connectivity index (χ2v) is 6.30. The second kappa shape index (κ2) is 6.73. The first kappa shape index (κ1) is 15.5. The van der Waals surface area contributed by atoms with Gasteiger partial charge in [0.25, 0.3) is 0 Å². The van der Waals surface area contributed by atoms with Gasteiger partial charge in [0.2, 0.25) is 0 Å². The van der Waals surface area contributed by atoms with Crippen LogP contribution in [0.1, 0.15) is 47.7 Å². The maximum absolute atomic E-state index is 14.0. The van der Waals surface area contributed by atoms with E-state index >= 15 is 0 Å². The molecule has 0 fully saturated rings. The van der Waals surface area contributed by atoms with Gasteiger partial charge in [-0.2, -0.15) is 0 Å². The Morgan fingerprint density at radius 2 is 1.70 bits per heavy atom. The molecule has 3 heteroatoms. The predicted octanol–water partition coefficient (Wildman–Crippen LogP) is 6.48. The van der Waals surface area contributed by atoms with Crippen LogP contribution in [0.2, 0.25) is 5.02 Å². The van der Waals surface area contributed by atoms with Crippen LogP contribution in [-0.2, 0) is 0 Å². The van der Waals surface area contributed by atoms with Gasteiger partial charge >= 0.3 is 0 Å². The lowest BCUT2D eigenvalue weighted by atomic mass is 9.96. The van der Waals surface area contributed by atoms with E-state index in [4.69, 9.17) is 11.6 Å². The lowest BCUT2D eigenvalue weighted by molar-refractivity contribution is 0.614. The van der Waals surface area contributed by atoms with Crippen molar-refractivity contribution in [3.63, 3.8) is 0 Å². The molecule has 0 N–H and O–H groups in total. The SMILES string of the molecule is CCC(C)c1ccc(C(Br)c2cccc(Cl)c2F)cc1. The van der Waals surface area contributed by atoms with Gasteiger partial charge < -0.3 is 0 Å². The Bertz CT molecular complexity index is 580. The largest absolute Gasteiger partial charge is 0.205 e. The van der Waals surface area contributed by atoms with Crippen LogP contribution in [0, 0.1) is 5.82 Å². The number of hydrogen-bond acceptors (Lipinski definition) is 0. The molecule has 2 unspecified atom stereocenters. The van der Waals surface area contributed by atoms with Crippen LogP contribution in [0.4, 0.5) is 4.39 Å². The van der Waals surface area contributed by atoms with Crippen molar-refractivity contribution in [3.05, 3.63) is 70.0 Å². The Kier molecular flexibility index (Phi) is 5.22. The van der Waals surface area contributed by atoms with Crippen molar-refractivity contribution >= 4 is 27.5 Å². The summed E-state index contributed by atoms with van der Waals surface area (Å²) in [6.45, 7) is 4.38.